The molecule has 5 rings (SSSR count). The van der Waals surface area contributed by atoms with Crippen LogP contribution in [0.15, 0.2) is 60.7 Å². The zero-order valence-electron chi connectivity index (χ0n) is 60.8. The van der Waals surface area contributed by atoms with Crippen LogP contribution in [0.4, 0.5) is 0 Å². The van der Waals surface area contributed by atoms with Crippen LogP contribution in [0.25, 0.3) is 48.6 Å². The lowest BCUT2D eigenvalue weighted by atomic mass is 10.00. The summed E-state index contributed by atoms with van der Waals surface area (Å²) in [4.78, 5) is 0. The molecule has 95 heavy (non-hydrogen) atoms. The third-order valence-electron chi connectivity index (χ3n) is 18.5. The summed E-state index contributed by atoms with van der Waals surface area (Å²) in [5.41, 5.74) is 7.16. The van der Waals surface area contributed by atoms with Crippen molar-refractivity contribution in [3.63, 3.8) is 0 Å². The highest BCUT2D eigenvalue weighted by Gasteiger charge is 2.20. The molecule has 10 nitrogen and oxygen atoms in total. The highest BCUT2D eigenvalue weighted by molar-refractivity contribution is 14.1. The van der Waals surface area contributed by atoms with Crippen molar-refractivity contribution in [2.24, 2.45) is 29.6 Å². The summed E-state index contributed by atoms with van der Waals surface area (Å²) in [6, 6.07) is 20.9. The van der Waals surface area contributed by atoms with Crippen molar-refractivity contribution >= 4 is 93.8 Å². The van der Waals surface area contributed by atoms with Gasteiger partial charge in [0.05, 0.1) is 75.7 Å². The van der Waals surface area contributed by atoms with E-state index in [-0.39, 0.29) is 0 Å². The molecule has 524 valence electrons. The molecule has 0 aromatic heterocycles. The quantitative estimate of drug-likeness (QED) is 0.0277. The Morgan fingerprint density at radius 2 is 0.421 bits per heavy atom. The average molecular weight is 1530 g/mol. The molecule has 0 radical (unpaired) electrons. The van der Waals surface area contributed by atoms with Gasteiger partial charge in [0.2, 0.25) is 0 Å². The second-order valence-corrected chi connectivity index (χ2v) is 27.7. The molecule has 5 atom stereocenters. The lowest BCUT2D eigenvalue weighted by molar-refractivity contribution is 0.232. The monoisotopic (exact) mass is 1530 g/mol. The minimum atomic E-state index is 0.403. The van der Waals surface area contributed by atoms with Gasteiger partial charge >= 0.3 is 0 Å². The molecule has 0 spiro atoms. The predicted molar refractivity (Wildman–Crippen MR) is 420 cm³/mol. The Morgan fingerprint density at radius 1 is 0.253 bits per heavy atom. The number of methoxy groups -OCH3 is 5. The lowest BCUT2D eigenvalue weighted by Gasteiger charge is -2.19. The fourth-order valence-electron chi connectivity index (χ4n) is 11.6. The molecule has 0 saturated heterocycles. The standard InChI is InChI=1S/C83H118I2O10/c1-16-26-31-59(21-6)54-91-77-47-64(36-37-65-48-78(92-55-60(22-7)32-27-17-2)68(45-75(65)87-12)40-42-70-50-82(89-14)72(84)52-80(70)94-57-62(24-9)34-29-19-4)74(86-11)44-67(77)39-38-66-49-79(93-56-61(23-8)33-28-18-3)69(46-76(66)88-13)41-43-71-51-83(90-15)73(85)53-81(71)95-58-63(25-10)35-30-20-5/h36-53,59-63H,16-35,54-58H2,1-15H3/b37-36+,39-38+,42-40+,43-41+. The van der Waals surface area contributed by atoms with E-state index in [4.69, 9.17) is 47.4 Å². The molecule has 0 aliphatic heterocycles. The number of hydrogen-bond acceptors (Lipinski definition) is 10. The fourth-order valence-corrected chi connectivity index (χ4v) is 13.0. The van der Waals surface area contributed by atoms with Gasteiger partial charge in [-0.3, -0.25) is 0 Å². The number of unbranched alkanes of at least 4 members (excludes halogenated alkanes) is 5. The Labute approximate surface area is 602 Å². The summed E-state index contributed by atoms with van der Waals surface area (Å²) >= 11 is 4.67. The van der Waals surface area contributed by atoms with Gasteiger partial charge in [0, 0.05) is 44.5 Å². The van der Waals surface area contributed by atoms with Crippen LogP contribution in [0.5, 0.6) is 57.5 Å². The van der Waals surface area contributed by atoms with Crippen LogP contribution >= 0.6 is 45.2 Å². The Kier molecular flexibility index (Phi) is 38.1. The molecule has 5 unspecified atom stereocenters. The number of halogens is 2. The maximum Gasteiger partial charge on any atom is 0.133 e. The van der Waals surface area contributed by atoms with Crippen LogP contribution in [0, 0.1) is 36.7 Å². The summed E-state index contributed by atoms with van der Waals surface area (Å²) < 4.78 is 66.5. The Morgan fingerprint density at radius 3 is 0.600 bits per heavy atom. The average Bonchev–Trinajstić information content (AvgIpc) is 0.912. The number of rotatable bonds is 48. The molecule has 0 saturated carbocycles. The number of ether oxygens (including phenoxy) is 10. The van der Waals surface area contributed by atoms with E-state index >= 15 is 0 Å². The second-order valence-electron chi connectivity index (χ2n) is 25.4. The van der Waals surface area contributed by atoms with Gasteiger partial charge in [0.15, 0.2) is 0 Å². The molecule has 0 N–H and O–H groups in total. The topological polar surface area (TPSA) is 92.3 Å². The van der Waals surface area contributed by atoms with Crippen molar-refractivity contribution in [2.45, 2.75) is 198 Å². The number of hydrogen-bond donors (Lipinski definition) is 0. The van der Waals surface area contributed by atoms with Gasteiger partial charge in [-0.15, -0.1) is 0 Å². The van der Waals surface area contributed by atoms with E-state index < -0.39 is 0 Å². The van der Waals surface area contributed by atoms with Crippen LogP contribution in [0.2, 0.25) is 0 Å². The molecule has 12 heteroatoms. The minimum absolute atomic E-state index is 0.403. The SMILES string of the molecule is CCCCC(CC)COc1cc(I)c(OC)cc1/C=C/c1cc(OC)c(/C=C/c2cc(OCC(CC)CCCC)c(/C=C/c3cc(OCC(CC)CCCC)c(/C=C/c4cc(OC)c(I)cc4OCC(CC)CCCC)cc3OC)cc2OC)cc1OCC(CC)CCCC. The maximum atomic E-state index is 6.96. The number of benzene rings is 5. The van der Waals surface area contributed by atoms with Gasteiger partial charge in [-0.05, 0) is 168 Å². The first-order chi connectivity index (χ1) is 46.2. The minimum Gasteiger partial charge on any atom is -0.496 e. The summed E-state index contributed by atoms with van der Waals surface area (Å²) in [5, 5.41) is 0. The normalized spacial score (nSPS) is 13.4. The molecule has 0 aliphatic carbocycles. The van der Waals surface area contributed by atoms with E-state index in [1.807, 2.05) is 0 Å². The maximum absolute atomic E-state index is 6.96. The summed E-state index contributed by atoms with van der Waals surface area (Å²) in [6.07, 6.45) is 39.4. The van der Waals surface area contributed by atoms with Crippen molar-refractivity contribution in [2.75, 3.05) is 68.6 Å². The van der Waals surface area contributed by atoms with Gasteiger partial charge in [0.1, 0.15) is 57.5 Å². The zero-order valence-corrected chi connectivity index (χ0v) is 65.1. The second kappa shape index (κ2) is 45.2. The summed E-state index contributed by atoms with van der Waals surface area (Å²) in [6.45, 7) is 25.7. The van der Waals surface area contributed by atoms with Gasteiger partial charge in [0.25, 0.3) is 0 Å². The van der Waals surface area contributed by atoms with Crippen molar-refractivity contribution in [3.05, 3.63) is 112 Å². The van der Waals surface area contributed by atoms with Crippen LogP contribution < -0.4 is 47.4 Å². The molecular formula is C83H118I2O10. The van der Waals surface area contributed by atoms with Gasteiger partial charge in [-0.25, -0.2) is 0 Å². The predicted octanol–water partition coefficient (Wildman–Crippen LogP) is 24.6. The van der Waals surface area contributed by atoms with Crippen LogP contribution in [-0.2, 0) is 0 Å². The first-order valence-electron chi connectivity index (χ1n) is 36.0. The highest BCUT2D eigenvalue weighted by Crippen LogP contribution is 2.40. The van der Waals surface area contributed by atoms with E-state index in [1.165, 1.54) is 25.7 Å². The molecule has 5 aromatic rings. The van der Waals surface area contributed by atoms with Crippen molar-refractivity contribution in [1.29, 1.82) is 0 Å². The van der Waals surface area contributed by atoms with Gasteiger partial charge < -0.3 is 47.4 Å². The first-order valence-corrected chi connectivity index (χ1v) is 38.2. The Hall–Kier alpha value is -5.48. The molecule has 0 heterocycles. The summed E-state index contributed by atoms with van der Waals surface area (Å²) in [7, 11) is 8.61. The molecule has 0 bridgehead atoms. The highest BCUT2D eigenvalue weighted by atomic mass is 127. The Bertz CT molecular complexity index is 3160. The lowest BCUT2D eigenvalue weighted by Crippen LogP contribution is -2.12. The summed E-state index contributed by atoms with van der Waals surface area (Å²) in [5.74, 6) is 9.90. The Balaban J connectivity index is 1.64. The van der Waals surface area contributed by atoms with Crippen molar-refractivity contribution in [1.82, 2.24) is 0 Å². The van der Waals surface area contributed by atoms with Crippen LogP contribution in [0.3, 0.4) is 0 Å². The third kappa shape index (κ3) is 26.0. The van der Waals surface area contributed by atoms with Crippen LogP contribution in [0.1, 0.15) is 242 Å². The van der Waals surface area contributed by atoms with E-state index in [9.17, 15) is 0 Å². The van der Waals surface area contributed by atoms with Crippen molar-refractivity contribution < 1.29 is 47.4 Å². The zero-order chi connectivity index (χ0) is 68.9. The molecule has 5 aromatic carbocycles. The van der Waals surface area contributed by atoms with E-state index in [2.05, 4.69) is 224 Å². The third-order valence-corrected chi connectivity index (χ3v) is 20.2. The van der Waals surface area contributed by atoms with E-state index in [0.29, 0.717) is 79.9 Å². The first kappa shape index (κ1) is 80.2. The van der Waals surface area contributed by atoms with E-state index in [1.54, 1.807) is 35.5 Å². The largest absolute Gasteiger partial charge is 0.496 e. The van der Waals surface area contributed by atoms with Gasteiger partial charge in [-0.2, -0.15) is 0 Å². The smallest absolute Gasteiger partial charge is 0.133 e. The van der Waals surface area contributed by atoms with E-state index in [0.717, 1.165) is 195 Å². The van der Waals surface area contributed by atoms with Crippen LogP contribution in [-0.4, -0.2) is 68.6 Å². The van der Waals surface area contributed by atoms with Gasteiger partial charge in [-0.1, -0.05) is 214 Å². The molecule has 0 aliphatic rings. The van der Waals surface area contributed by atoms with Crippen molar-refractivity contribution in [3.8, 4) is 57.5 Å². The molecule has 0 fully saturated rings. The molecular weight excluding hydrogens is 1410 g/mol. The molecule has 0 amide bonds. The fraction of sp³-hybridized carbons (Fsp3) is 0.542.